The minimum Gasteiger partial charge on any atom is -0.481 e. The lowest BCUT2D eigenvalue weighted by Gasteiger charge is -2.32. The zero-order chi connectivity index (χ0) is 15.6. The Hall–Kier alpha value is -1.26. The maximum absolute atomic E-state index is 11.7. The van der Waals surface area contributed by atoms with Gasteiger partial charge in [-0.25, -0.2) is 4.79 Å². The number of ether oxygens (including phenoxy) is 1. The SMILES string of the molecule is CC(C)CC(CNC(=O)OC(C)(C)C)(C(=O)O)C1CC1. The van der Waals surface area contributed by atoms with Crippen LogP contribution in [0.2, 0.25) is 0 Å². The Morgan fingerprint density at radius 3 is 2.20 bits per heavy atom. The number of carbonyl (C=O) groups excluding carboxylic acids is 1. The maximum Gasteiger partial charge on any atom is 0.407 e. The van der Waals surface area contributed by atoms with Crippen LogP contribution in [0.5, 0.6) is 0 Å². The van der Waals surface area contributed by atoms with Crippen molar-refractivity contribution in [2.24, 2.45) is 17.3 Å². The number of rotatable bonds is 6. The van der Waals surface area contributed by atoms with E-state index in [0.717, 1.165) is 12.8 Å². The van der Waals surface area contributed by atoms with E-state index in [9.17, 15) is 14.7 Å². The molecule has 0 aliphatic heterocycles. The molecule has 0 saturated heterocycles. The number of carboxylic acids is 1. The Morgan fingerprint density at radius 2 is 1.85 bits per heavy atom. The average molecular weight is 285 g/mol. The summed E-state index contributed by atoms with van der Waals surface area (Å²) in [5.74, 6) is -0.380. The lowest BCUT2D eigenvalue weighted by atomic mass is 9.75. The first-order valence-corrected chi connectivity index (χ1v) is 7.27. The molecule has 2 N–H and O–H groups in total. The number of hydrogen-bond acceptors (Lipinski definition) is 3. The average Bonchev–Trinajstić information content (AvgIpc) is 3.04. The van der Waals surface area contributed by atoms with Crippen LogP contribution >= 0.6 is 0 Å². The van der Waals surface area contributed by atoms with Crippen LogP contribution in [0, 0.1) is 17.3 Å². The monoisotopic (exact) mass is 285 g/mol. The van der Waals surface area contributed by atoms with Gasteiger partial charge in [0.25, 0.3) is 0 Å². The van der Waals surface area contributed by atoms with Gasteiger partial charge < -0.3 is 15.2 Å². The van der Waals surface area contributed by atoms with Crippen molar-refractivity contribution in [2.45, 2.75) is 59.5 Å². The van der Waals surface area contributed by atoms with E-state index in [0.29, 0.717) is 6.42 Å². The van der Waals surface area contributed by atoms with E-state index in [1.54, 1.807) is 20.8 Å². The fourth-order valence-electron chi connectivity index (χ4n) is 2.63. The van der Waals surface area contributed by atoms with Gasteiger partial charge in [0.15, 0.2) is 0 Å². The number of alkyl carbamates (subject to hydrolysis) is 1. The van der Waals surface area contributed by atoms with Gasteiger partial charge >= 0.3 is 12.1 Å². The van der Waals surface area contributed by atoms with Crippen LogP contribution < -0.4 is 5.32 Å². The van der Waals surface area contributed by atoms with Crippen LogP contribution in [-0.2, 0) is 9.53 Å². The third kappa shape index (κ3) is 4.69. The second-order valence-corrected chi connectivity index (χ2v) is 7.19. The van der Waals surface area contributed by atoms with Crippen molar-refractivity contribution < 1.29 is 19.4 Å². The summed E-state index contributed by atoms with van der Waals surface area (Å²) < 4.78 is 5.17. The molecule has 0 aromatic rings. The molecule has 1 atom stereocenters. The van der Waals surface area contributed by atoms with Crippen molar-refractivity contribution >= 4 is 12.1 Å². The van der Waals surface area contributed by atoms with Crippen molar-refractivity contribution in [1.82, 2.24) is 5.32 Å². The predicted octanol–water partition coefficient (Wildman–Crippen LogP) is 3.04. The lowest BCUT2D eigenvalue weighted by Crippen LogP contribution is -2.46. The summed E-state index contributed by atoms with van der Waals surface area (Å²) >= 11 is 0. The molecule has 0 aromatic heterocycles. The highest BCUT2D eigenvalue weighted by Gasteiger charge is 2.51. The Morgan fingerprint density at radius 1 is 1.30 bits per heavy atom. The number of aliphatic carboxylic acids is 1. The molecule has 1 rings (SSSR count). The summed E-state index contributed by atoms with van der Waals surface area (Å²) in [6.07, 6.45) is 1.87. The number of carboxylic acid groups (broad SMARTS) is 1. The van der Waals surface area contributed by atoms with Crippen LogP contribution in [0.1, 0.15) is 53.9 Å². The van der Waals surface area contributed by atoms with Gasteiger partial charge in [-0.05, 0) is 51.9 Å². The number of carbonyl (C=O) groups is 2. The second kappa shape index (κ2) is 6.02. The molecule has 1 unspecified atom stereocenters. The van der Waals surface area contributed by atoms with Crippen molar-refractivity contribution in [1.29, 1.82) is 0 Å². The van der Waals surface area contributed by atoms with E-state index in [-0.39, 0.29) is 18.4 Å². The van der Waals surface area contributed by atoms with E-state index in [2.05, 4.69) is 5.32 Å². The fourth-order valence-corrected chi connectivity index (χ4v) is 2.63. The second-order valence-electron chi connectivity index (χ2n) is 7.19. The number of amides is 1. The van der Waals surface area contributed by atoms with Gasteiger partial charge in [-0.1, -0.05) is 13.8 Å². The van der Waals surface area contributed by atoms with E-state index >= 15 is 0 Å². The Balaban J connectivity index is 2.70. The van der Waals surface area contributed by atoms with Crippen molar-refractivity contribution in [3.63, 3.8) is 0 Å². The molecule has 0 aromatic carbocycles. The largest absolute Gasteiger partial charge is 0.481 e. The first-order valence-electron chi connectivity index (χ1n) is 7.27. The Labute approximate surface area is 121 Å². The molecular weight excluding hydrogens is 258 g/mol. The van der Waals surface area contributed by atoms with Crippen molar-refractivity contribution in [2.75, 3.05) is 6.54 Å². The topological polar surface area (TPSA) is 75.6 Å². The predicted molar refractivity (Wildman–Crippen MR) is 76.5 cm³/mol. The first kappa shape index (κ1) is 16.8. The molecule has 0 spiro atoms. The summed E-state index contributed by atoms with van der Waals surface area (Å²) in [5.41, 5.74) is -1.43. The first-order chi connectivity index (χ1) is 9.07. The van der Waals surface area contributed by atoms with E-state index in [1.807, 2.05) is 13.8 Å². The molecule has 1 amide bonds. The zero-order valence-corrected chi connectivity index (χ0v) is 13.2. The highest BCUT2D eigenvalue weighted by Crippen LogP contribution is 2.49. The molecule has 1 fully saturated rings. The van der Waals surface area contributed by atoms with Crippen LogP contribution in [0.15, 0.2) is 0 Å². The molecule has 1 aliphatic carbocycles. The van der Waals surface area contributed by atoms with Gasteiger partial charge in [0.2, 0.25) is 0 Å². The van der Waals surface area contributed by atoms with E-state index in [1.165, 1.54) is 0 Å². The van der Waals surface area contributed by atoms with Crippen molar-refractivity contribution in [3.8, 4) is 0 Å². The summed E-state index contributed by atoms with van der Waals surface area (Å²) in [7, 11) is 0. The van der Waals surface area contributed by atoms with Crippen LogP contribution in [0.4, 0.5) is 4.79 Å². The third-order valence-corrected chi connectivity index (χ3v) is 3.50. The van der Waals surface area contributed by atoms with Gasteiger partial charge in [0.1, 0.15) is 5.60 Å². The number of hydrogen-bond donors (Lipinski definition) is 2. The molecule has 0 bridgehead atoms. The quantitative estimate of drug-likeness (QED) is 0.786. The molecule has 116 valence electrons. The molecule has 0 radical (unpaired) electrons. The highest BCUT2D eigenvalue weighted by atomic mass is 16.6. The summed E-state index contributed by atoms with van der Waals surface area (Å²) in [5, 5.41) is 12.3. The van der Waals surface area contributed by atoms with E-state index in [4.69, 9.17) is 4.74 Å². The molecule has 1 saturated carbocycles. The lowest BCUT2D eigenvalue weighted by molar-refractivity contribution is -0.151. The fraction of sp³-hybridized carbons (Fsp3) is 0.867. The van der Waals surface area contributed by atoms with Crippen molar-refractivity contribution in [3.05, 3.63) is 0 Å². The smallest absolute Gasteiger partial charge is 0.407 e. The molecule has 0 heterocycles. The summed E-state index contributed by atoms with van der Waals surface area (Å²) in [6.45, 7) is 9.51. The maximum atomic E-state index is 11.7. The summed E-state index contributed by atoms with van der Waals surface area (Å²) in [4.78, 5) is 23.5. The standard InChI is InChI=1S/C15H27NO4/c1-10(2)8-15(12(17)18,11-6-7-11)9-16-13(19)20-14(3,4)5/h10-11H,6-9H2,1-5H3,(H,16,19)(H,17,18). The van der Waals surface area contributed by atoms with Crippen LogP contribution in [-0.4, -0.2) is 29.3 Å². The minimum atomic E-state index is -0.856. The normalized spacial score (nSPS) is 18.5. The van der Waals surface area contributed by atoms with E-state index < -0.39 is 23.1 Å². The van der Waals surface area contributed by atoms with Crippen LogP contribution in [0.3, 0.4) is 0 Å². The molecule has 1 aliphatic rings. The minimum absolute atomic E-state index is 0.139. The zero-order valence-electron chi connectivity index (χ0n) is 13.2. The summed E-state index contributed by atoms with van der Waals surface area (Å²) in [6, 6.07) is 0. The van der Waals surface area contributed by atoms with Crippen LogP contribution in [0.25, 0.3) is 0 Å². The third-order valence-electron chi connectivity index (χ3n) is 3.50. The number of nitrogens with one attached hydrogen (secondary N) is 1. The van der Waals surface area contributed by atoms with Gasteiger partial charge in [-0.2, -0.15) is 0 Å². The Bertz CT molecular complexity index is 369. The van der Waals surface area contributed by atoms with Gasteiger partial charge in [-0.15, -0.1) is 0 Å². The molecular formula is C15H27NO4. The highest BCUT2D eigenvalue weighted by molar-refractivity contribution is 5.77. The molecule has 5 heteroatoms. The van der Waals surface area contributed by atoms with Gasteiger partial charge in [0, 0.05) is 6.54 Å². The molecule has 20 heavy (non-hydrogen) atoms. The molecule has 5 nitrogen and oxygen atoms in total. The van der Waals surface area contributed by atoms with Gasteiger partial charge in [-0.3, -0.25) is 4.79 Å². The Kier molecular flexibility index (Phi) is 5.05. The van der Waals surface area contributed by atoms with Gasteiger partial charge in [0.05, 0.1) is 5.41 Å².